The van der Waals surface area contributed by atoms with Crippen molar-refractivity contribution in [3.63, 3.8) is 0 Å². The highest BCUT2D eigenvalue weighted by molar-refractivity contribution is 5.83. The summed E-state index contributed by atoms with van der Waals surface area (Å²) in [6, 6.07) is 23.2. The van der Waals surface area contributed by atoms with E-state index in [-0.39, 0.29) is 0 Å². The zero-order chi connectivity index (χ0) is 19.9. The molecule has 0 aliphatic heterocycles. The molecular formula is C24H23NO3. The molecule has 2 unspecified atom stereocenters. The molecule has 1 aliphatic rings. The number of ether oxygens (including phenoxy) is 1. The molecule has 4 nitrogen and oxygen atoms in total. The molecule has 4 rings (SSSR count). The van der Waals surface area contributed by atoms with Gasteiger partial charge in [-0.3, -0.25) is 4.79 Å². The number of fused-ring (bicyclic) bond motifs is 3. The van der Waals surface area contributed by atoms with E-state index in [9.17, 15) is 9.90 Å². The Morgan fingerprint density at radius 1 is 0.964 bits per heavy atom. The number of carboxylic acid groups (broad SMARTS) is 1. The molecule has 0 spiro atoms. The molecule has 3 aromatic carbocycles. The second kappa shape index (κ2) is 6.89. The summed E-state index contributed by atoms with van der Waals surface area (Å²) in [5.74, 6) is -1.08. The van der Waals surface area contributed by atoms with E-state index >= 15 is 0 Å². The summed E-state index contributed by atoms with van der Waals surface area (Å²) in [4.78, 5) is 11.5. The number of rotatable bonds is 5. The Balaban J connectivity index is 2.03. The summed E-state index contributed by atoms with van der Waals surface area (Å²) < 4.78 is 6.64. The molecule has 0 saturated heterocycles. The largest absolute Gasteiger partial charge is 0.480 e. The van der Waals surface area contributed by atoms with Crippen LogP contribution in [-0.2, 0) is 15.1 Å². The van der Waals surface area contributed by atoms with E-state index < -0.39 is 23.7 Å². The molecule has 4 heteroatoms. The molecule has 28 heavy (non-hydrogen) atoms. The molecule has 0 bridgehead atoms. The topological polar surface area (TPSA) is 72.5 Å². The monoisotopic (exact) mass is 373 g/mol. The highest BCUT2D eigenvalue weighted by Crippen LogP contribution is 2.54. The summed E-state index contributed by atoms with van der Waals surface area (Å²) in [6.07, 6.45) is -0.698. The van der Waals surface area contributed by atoms with E-state index in [2.05, 4.69) is 31.2 Å². The van der Waals surface area contributed by atoms with Gasteiger partial charge in [-0.1, -0.05) is 72.8 Å². The van der Waals surface area contributed by atoms with Gasteiger partial charge in [-0.2, -0.15) is 0 Å². The Labute approximate surface area is 164 Å². The van der Waals surface area contributed by atoms with Crippen molar-refractivity contribution in [1.29, 1.82) is 0 Å². The third kappa shape index (κ3) is 2.65. The summed E-state index contributed by atoms with van der Waals surface area (Å²) in [6.45, 7) is 3.79. The predicted molar refractivity (Wildman–Crippen MR) is 109 cm³/mol. The first-order valence-electron chi connectivity index (χ1n) is 9.38. The molecule has 142 valence electrons. The second-order valence-corrected chi connectivity index (χ2v) is 7.28. The summed E-state index contributed by atoms with van der Waals surface area (Å²) in [5.41, 5.74) is 11.3. The smallest absolute Gasteiger partial charge is 0.323 e. The van der Waals surface area contributed by atoms with E-state index in [1.54, 1.807) is 6.92 Å². The van der Waals surface area contributed by atoms with Gasteiger partial charge in [0.1, 0.15) is 11.6 Å². The molecule has 1 aliphatic carbocycles. The van der Waals surface area contributed by atoms with Gasteiger partial charge in [-0.25, -0.2) is 0 Å². The van der Waals surface area contributed by atoms with Crippen LogP contribution in [0.25, 0.3) is 11.1 Å². The van der Waals surface area contributed by atoms with Gasteiger partial charge in [0, 0.05) is 11.1 Å². The quantitative estimate of drug-likeness (QED) is 0.707. The number of aryl methyl sites for hydroxylation is 1. The number of aliphatic carboxylic acids is 1. The summed E-state index contributed by atoms with van der Waals surface area (Å²) in [5, 5.41) is 9.42. The van der Waals surface area contributed by atoms with Gasteiger partial charge < -0.3 is 15.6 Å². The molecule has 0 fully saturated rings. The zero-order valence-corrected chi connectivity index (χ0v) is 15.9. The third-order valence-corrected chi connectivity index (χ3v) is 5.56. The first-order chi connectivity index (χ1) is 13.5. The average molecular weight is 373 g/mol. The van der Waals surface area contributed by atoms with Gasteiger partial charge in [0.05, 0.1) is 6.10 Å². The fourth-order valence-corrected chi connectivity index (χ4v) is 4.24. The van der Waals surface area contributed by atoms with E-state index in [1.165, 1.54) is 0 Å². The van der Waals surface area contributed by atoms with Crippen LogP contribution in [0.4, 0.5) is 0 Å². The van der Waals surface area contributed by atoms with Gasteiger partial charge in [0.25, 0.3) is 0 Å². The fraction of sp³-hybridized carbons (Fsp3) is 0.208. The van der Waals surface area contributed by atoms with Gasteiger partial charge in [-0.15, -0.1) is 0 Å². The van der Waals surface area contributed by atoms with Crippen LogP contribution >= 0.6 is 0 Å². The van der Waals surface area contributed by atoms with Crippen LogP contribution in [0, 0.1) is 6.92 Å². The summed E-state index contributed by atoms with van der Waals surface area (Å²) in [7, 11) is 0. The Hall–Kier alpha value is -2.95. The number of benzene rings is 3. The minimum absolute atomic E-state index is 0.698. The average Bonchev–Trinajstić information content (AvgIpc) is 3.00. The van der Waals surface area contributed by atoms with Crippen molar-refractivity contribution in [1.82, 2.24) is 0 Å². The van der Waals surface area contributed by atoms with Crippen LogP contribution in [0.3, 0.4) is 0 Å². The van der Waals surface area contributed by atoms with Gasteiger partial charge in [0.15, 0.2) is 0 Å². The van der Waals surface area contributed by atoms with Crippen LogP contribution < -0.4 is 5.73 Å². The Bertz CT molecular complexity index is 1030. The van der Waals surface area contributed by atoms with Crippen LogP contribution in [0.2, 0.25) is 0 Å². The van der Waals surface area contributed by atoms with Crippen molar-refractivity contribution in [2.24, 2.45) is 5.73 Å². The molecule has 0 aromatic heterocycles. The number of carbonyl (C=O) groups is 1. The van der Waals surface area contributed by atoms with E-state index in [0.29, 0.717) is 0 Å². The van der Waals surface area contributed by atoms with Crippen molar-refractivity contribution < 1.29 is 14.6 Å². The fourth-order valence-electron chi connectivity index (χ4n) is 4.24. The van der Waals surface area contributed by atoms with E-state index in [4.69, 9.17) is 10.5 Å². The second-order valence-electron chi connectivity index (χ2n) is 7.28. The Kier molecular flexibility index (Phi) is 4.53. The highest BCUT2D eigenvalue weighted by atomic mass is 16.5. The molecular weight excluding hydrogens is 350 g/mol. The maximum Gasteiger partial charge on any atom is 0.323 e. The van der Waals surface area contributed by atoms with Crippen LogP contribution in [0.1, 0.15) is 29.2 Å². The van der Waals surface area contributed by atoms with E-state index in [1.807, 2.05) is 48.5 Å². The van der Waals surface area contributed by atoms with Gasteiger partial charge >= 0.3 is 5.97 Å². The van der Waals surface area contributed by atoms with Crippen molar-refractivity contribution >= 4 is 5.97 Å². The standard InChI is InChI=1S/C24H23NO3/c1-15-9-8-13-19-18-12-6-7-14-20(18)24(21(15)19,17-10-4-3-5-11-17)28-16(2)22(25)23(26)27/h3-14,16,22H,25H2,1-2H3,(H,26,27)/t16?,22-,24?/m0/s1. The van der Waals surface area contributed by atoms with Gasteiger partial charge in [-0.05, 0) is 36.1 Å². The molecule has 3 aromatic rings. The van der Waals surface area contributed by atoms with Crippen LogP contribution in [0.15, 0.2) is 72.8 Å². The molecule has 3 N–H and O–H groups in total. The van der Waals surface area contributed by atoms with Crippen molar-refractivity contribution in [2.75, 3.05) is 0 Å². The predicted octanol–water partition coefficient (Wildman–Crippen LogP) is 4.08. The molecule has 0 radical (unpaired) electrons. The zero-order valence-electron chi connectivity index (χ0n) is 15.9. The Morgan fingerprint density at radius 2 is 1.61 bits per heavy atom. The first kappa shape index (κ1) is 18.4. The molecule has 3 atom stereocenters. The molecule has 0 saturated carbocycles. The van der Waals surface area contributed by atoms with Crippen LogP contribution in [-0.4, -0.2) is 23.2 Å². The lowest BCUT2D eigenvalue weighted by Crippen LogP contribution is -2.46. The van der Waals surface area contributed by atoms with Gasteiger partial charge in [0.2, 0.25) is 0 Å². The van der Waals surface area contributed by atoms with Crippen molar-refractivity contribution in [3.8, 4) is 11.1 Å². The lowest BCUT2D eigenvalue weighted by atomic mass is 9.81. The van der Waals surface area contributed by atoms with Crippen molar-refractivity contribution in [3.05, 3.63) is 95.1 Å². The summed E-state index contributed by atoms with van der Waals surface area (Å²) >= 11 is 0. The Morgan fingerprint density at radius 3 is 2.32 bits per heavy atom. The normalized spacial score (nSPS) is 19.5. The minimum Gasteiger partial charge on any atom is -0.480 e. The third-order valence-electron chi connectivity index (χ3n) is 5.56. The number of nitrogens with two attached hydrogens (primary N) is 1. The number of carboxylic acids is 1. The minimum atomic E-state index is -1.12. The number of hydrogen-bond donors (Lipinski definition) is 2. The van der Waals surface area contributed by atoms with Crippen molar-refractivity contribution in [2.45, 2.75) is 31.6 Å². The highest BCUT2D eigenvalue weighted by Gasteiger charge is 2.48. The maximum absolute atomic E-state index is 11.5. The maximum atomic E-state index is 11.5. The lowest BCUT2D eigenvalue weighted by Gasteiger charge is -2.37. The number of hydrogen-bond acceptors (Lipinski definition) is 3. The lowest BCUT2D eigenvalue weighted by molar-refractivity contribution is -0.144. The SMILES string of the molecule is Cc1cccc2c1C(OC(C)[C@H](N)C(=O)O)(c1ccccc1)c1ccccc1-2. The first-order valence-corrected chi connectivity index (χ1v) is 9.38. The van der Waals surface area contributed by atoms with E-state index in [0.717, 1.165) is 33.4 Å². The van der Waals surface area contributed by atoms with Crippen LogP contribution in [0.5, 0.6) is 0 Å². The molecule has 0 heterocycles. The molecule has 0 amide bonds.